The van der Waals surface area contributed by atoms with Gasteiger partial charge in [0.15, 0.2) is 0 Å². The van der Waals surface area contributed by atoms with Gasteiger partial charge in [0.2, 0.25) is 5.91 Å². The smallest absolute Gasteiger partial charge is 0.256 e. The van der Waals surface area contributed by atoms with E-state index in [0.717, 1.165) is 36.1 Å². The molecule has 5 rings (SSSR count). The Bertz CT molecular complexity index is 1210. The quantitative estimate of drug-likeness (QED) is 0.434. The number of thiophene rings is 1. The summed E-state index contributed by atoms with van der Waals surface area (Å²) in [7, 11) is 0. The third-order valence-electron chi connectivity index (χ3n) is 6.56. The molecule has 2 amide bonds. The van der Waals surface area contributed by atoms with Gasteiger partial charge in [-0.15, -0.1) is 11.3 Å². The maximum Gasteiger partial charge on any atom is 0.256 e. The summed E-state index contributed by atoms with van der Waals surface area (Å²) in [5.41, 5.74) is 2.66. The molecule has 0 saturated heterocycles. The molecular weight excluding hydrogens is 468 g/mol. The maximum atomic E-state index is 13.6. The number of fused-ring (bicyclic) bond motifs is 1. The van der Waals surface area contributed by atoms with Gasteiger partial charge < -0.3 is 14.5 Å². The van der Waals surface area contributed by atoms with Crippen LogP contribution in [0.1, 0.15) is 45.2 Å². The predicted molar refractivity (Wildman–Crippen MR) is 135 cm³/mol. The van der Waals surface area contributed by atoms with Crippen molar-refractivity contribution in [3.63, 3.8) is 0 Å². The van der Waals surface area contributed by atoms with E-state index in [2.05, 4.69) is 11.4 Å². The van der Waals surface area contributed by atoms with Crippen molar-refractivity contribution in [1.82, 2.24) is 9.80 Å². The second-order valence-electron chi connectivity index (χ2n) is 8.87. The van der Waals surface area contributed by atoms with Gasteiger partial charge in [-0.2, -0.15) is 0 Å². The SMILES string of the molecule is Cc1ccccc1OCC1c2ccsc2CCN1C(=O)CN(C(=O)c1ccccc1Cl)C1CC1. The van der Waals surface area contributed by atoms with Gasteiger partial charge in [0.1, 0.15) is 18.9 Å². The number of hydrogen-bond acceptors (Lipinski definition) is 4. The molecule has 0 N–H and O–H groups in total. The summed E-state index contributed by atoms with van der Waals surface area (Å²) in [6.45, 7) is 3.06. The summed E-state index contributed by atoms with van der Waals surface area (Å²) in [6, 6.07) is 17.0. The fourth-order valence-corrected chi connectivity index (χ4v) is 5.69. The van der Waals surface area contributed by atoms with E-state index in [1.165, 1.54) is 4.88 Å². The molecule has 3 aromatic rings. The number of benzene rings is 2. The number of halogens is 1. The zero-order chi connectivity index (χ0) is 23.7. The Morgan fingerprint density at radius 3 is 2.65 bits per heavy atom. The van der Waals surface area contributed by atoms with Crippen LogP contribution in [0.3, 0.4) is 0 Å². The number of amides is 2. The molecule has 34 heavy (non-hydrogen) atoms. The predicted octanol–water partition coefficient (Wildman–Crippen LogP) is 5.52. The van der Waals surface area contributed by atoms with E-state index in [4.69, 9.17) is 16.3 Å². The maximum absolute atomic E-state index is 13.6. The highest BCUT2D eigenvalue weighted by atomic mass is 35.5. The van der Waals surface area contributed by atoms with E-state index in [9.17, 15) is 9.59 Å². The lowest BCUT2D eigenvalue weighted by atomic mass is 10.00. The van der Waals surface area contributed by atoms with Gasteiger partial charge in [-0.25, -0.2) is 0 Å². The molecule has 1 saturated carbocycles. The van der Waals surface area contributed by atoms with Crippen LogP contribution in [0.15, 0.2) is 60.0 Å². The van der Waals surface area contributed by atoms with Crippen molar-refractivity contribution < 1.29 is 14.3 Å². The van der Waals surface area contributed by atoms with Crippen molar-refractivity contribution in [2.45, 2.75) is 38.3 Å². The molecule has 1 fully saturated rings. The minimum atomic E-state index is -0.182. The second kappa shape index (κ2) is 9.80. The van der Waals surface area contributed by atoms with Crippen LogP contribution in [0.25, 0.3) is 0 Å². The van der Waals surface area contributed by atoms with E-state index in [-0.39, 0.29) is 30.4 Å². The Labute approximate surface area is 208 Å². The highest BCUT2D eigenvalue weighted by molar-refractivity contribution is 7.10. The molecule has 1 atom stereocenters. The van der Waals surface area contributed by atoms with Crippen molar-refractivity contribution in [1.29, 1.82) is 0 Å². The van der Waals surface area contributed by atoms with Crippen molar-refractivity contribution in [3.05, 3.63) is 86.6 Å². The molecule has 2 aliphatic rings. The second-order valence-corrected chi connectivity index (χ2v) is 10.3. The standard InChI is InChI=1S/C27H27ClN2O3S/c1-18-6-2-5-9-24(18)33-17-23-21-13-15-34-25(21)12-14-29(23)26(31)16-30(19-10-11-19)27(32)20-7-3-4-8-22(20)28/h2-9,13,15,19,23H,10-12,14,16-17H2,1H3. The van der Waals surface area contributed by atoms with Gasteiger partial charge in [0, 0.05) is 17.5 Å². The van der Waals surface area contributed by atoms with Crippen molar-refractivity contribution >= 4 is 34.8 Å². The Morgan fingerprint density at radius 2 is 1.88 bits per heavy atom. The van der Waals surface area contributed by atoms with Crippen molar-refractivity contribution in [2.24, 2.45) is 0 Å². The molecule has 0 radical (unpaired) electrons. The average molecular weight is 495 g/mol. The molecule has 2 aromatic carbocycles. The Morgan fingerprint density at radius 1 is 1.12 bits per heavy atom. The topological polar surface area (TPSA) is 49.9 Å². The van der Waals surface area contributed by atoms with E-state index < -0.39 is 0 Å². The van der Waals surface area contributed by atoms with Gasteiger partial charge in [-0.3, -0.25) is 9.59 Å². The number of aryl methyl sites for hydroxylation is 1. The zero-order valence-electron chi connectivity index (χ0n) is 19.1. The molecular formula is C27H27ClN2O3S. The lowest BCUT2D eigenvalue weighted by Gasteiger charge is -2.37. The molecule has 1 aliphatic heterocycles. The first kappa shape index (κ1) is 22.9. The Kier molecular flexibility index (Phi) is 6.61. The molecule has 1 aromatic heterocycles. The normalized spacial score (nSPS) is 17.2. The van der Waals surface area contributed by atoms with Crippen LogP contribution in [-0.4, -0.2) is 47.4 Å². The first-order valence-corrected chi connectivity index (χ1v) is 12.9. The lowest BCUT2D eigenvalue weighted by molar-refractivity contribution is -0.135. The highest BCUT2D eigenvalue weighted by Gasteiger charge is 2.38. The van der Waals surface area contributed by atoms with Crippen LogP contribution in [0.2, 0.25) is 5.02 Å². The van der Waals surface area contributed by atoms with Gasteiger partial charge in [-0.1, -0.05) is 41.9 Å². The van der Waals surface area contributed by atoms with Crippen molar-refractivity contribution in [3.8, 4) is 5.75 Å². The van der Waals surface area contributed by atoms with Crippen LogP contribution in [0, 0.1) is 6.92 Å². The van der Waals surface area contributed by atoms with Crippen LogP contribution in [0.4, 0.5) is 0 Å². The fraction of sp³-hybridized carbons (Fsp3) is 0.333. The number of carbonyl (C=O) groups is 2. The summed E-state index contributed by atoms with van der Waals surface area (Å²) in [5, 5.41) is 2.49. The molecule has 0 bridgehead atoms. The third kappa shape index (κ3) is 4.70. The van der Waals surface area contributed by atoms with Crippen LogP contribution in [0.5, 0.6) is 5.75 Å². The Hall–Kier alpha value is -2.83. The fourth-order valence-electron chi connectivity index (χ4n) is 4.54. The molecule has 5 nitrogen and oxygen atoms in total. The molecule has 1 aliphatic carbocycles. The largest absolute Gasteiger partial charge is 0.491 e. The molecule has 1 unspecified atom stereocenters. The molecule has 0 spiro atoms. The number of rotatable bonds is 7. The lowest BCUT2D eigenvalue weighted by Crippen LogP contribution is -2.48. The first-order valence-electron chi connectivity index (χ1n) is 11.6. The summed E-state index contributed by atoms with van der Waals surface area (Å²) >= 11 is 8.02. The number of hydrogen-bond donors (Lipinski definition) is 0. The van der Waals surface area contributed by atoms with Crippen LogP contribution in [-0.2, 0) is 11.2 Å². The van der Waals surface area contributed by atoms with Crippen molar-refractivity contribution in [2.75, 3.05) is 19.7 Å². The average Bonchev–Trinajstić information content (AvgIpc) is 3.57. The Balaban J connectivity index is 1.36. The van der Waals surface area contributed by atoms with Gasteiger partial charge in [-0.05, 0) is 67.0 Å². The third-order valence-corrected chi connectivity index (χ3v) is 7.89. The number of nitrogens with zero attached hydrogens (tertiary/aromatic N) is 2. The van der Waals surface area contributed by atoms with E-state index in [1.807, 2.05) is 36.1 Å². The van der Waals surface area contributed by atoms with Gasteiger partial charge >= 0.3 is 0 Å². The summed E-state index contributed by atoms with van der Waals surface area (Å²) in [4.78, 5) is 31.8. The van der Waals surface area contributed by atoms with Gasteiger partial charge in [0.05, 0.1) is 16.6 Å². The van der Waals surface area contributed by atoms with Crippen LogP contribution < -0.4 is 4.74 Å². The minimum Gasteiger partial charge on any atom is -0.491 e. The van der Waals surface area contributed by atoms with Gasteiger partial charge in [0.25, 0.3) is 5.91 Å². The zero-order valence-corrected chi connectivity index (χ0v) is 20.6. The minimum absolute atomic E-state index is 0.0507. The van der Waals surface area contributed by atoms with E-state index in [0.29, 0.717) is 23.7 Å². The van der Waals surface area contributed by atoms with E-state index >= 15 is 0 Å². The monoisotopic (exact) mass is 494 g/mol. The molecule has 176 valence electrons. The summed E-state index contributed by atoms with van der Waals surface area (Å²) in [6.07, 6.45) is 2.65. The molecule has 2 heterocycles. The summed E-state index contributed by atoms with van der Waals surface area (Å²) in [5.74, 6) is 0.593. The summed E-state index contributed by atoms with van der Waals surface area (Å²) < 4.78 is 6.19. The highest BCUT2D eigenvalue weighted by Crippen LogP contribution is 2.35. The number of para-hydroxylation sites is 1. The first-order chi connectivity index (χ1) is 16.5. The van der Waals surface area contributed by atoms with Crippen LogP contribution >= 0.6 is 22.9 Å². The van der Waals surface area contributed by atoms with E-state index in [1.54, 1.807) is 40.5 Å². The molecule has 7 heteroatoms. The number of carbonyl (C=O) groups excluding carboxylic acids is 2. The number of ether oxygens (including phenoxy) is 1.